The van der Waals surface area contributed by atoms with Crippen LogP contribution in [0.2, 0.25) is 0 Å². The molecule has 8 heteroatoms. The Morgan fingerprint density at radius 3 is 2.44 bits per heavy atom. The molecule has 0 saturated carbocycles. The third kappa shape index (κ3) is 7.85. The van der Waals surface area contributed by atoms with E-state index in [1.54, 1.807) is 0 Å². The molecular weight excluding hydrogens is 255 g/mol. The SMILES string of the molecule is CC#CC(COP(C)(=O)OC)CS(=O)(=O)O. The summed E-state index contributed by atoms with van der Waals surface area (Å²) in [4.78, 5) is 0. The van der Waals surface area contributed by atoms with E-state index in [1.807, 2.05) is 0 Å². The Balaban J connectivity index is 4.47. The maximum absolute atomic E-state index is 11.4. The Hall–Kier alpha value is -0.380. The van der Waals surface area contributed by atoms with Crippen LogP contribution in [0.15, 0.2) is 0 Å². The van der Waals surface area contributed by atoms with Crippen molar-refractivity contribution in [3.05, 3.63) is 0 Å². The van der Waals surface area contributed by atoms with Gasteiger partial charge in [0.1, 0.15) is 0 Å². The second kappa shape index (κ2) is 6.38. The lowest BCUT2D eigenvalue weighted by Gasteiger charge is -2.14. The molecule has 94 valence electrons. The van der Waals surface area contributed by atoms with Gasteiger partial charge >= 0.3 is 7.60 Å². The van der Waals surface area contributed by atoms with Crippen molar-refractivity contribution in [3.63, 3.8) is 0 Å². The molecule has 2 atom stereocenters. The quantitative estimate of drug-likeness (QED) is 0.440. The van der Waals surface area contributed by atoms with Gasteiger partial charge in [-0.05, 0) is 6.92 Å². The van der Waals surface area contributed by atoms with E-state index in [2.05, 4.69) is 16.4 Å². The smallest absolute Gasteiger partial charge is 0.312 e. The van der Waals surface area contributed by atoms with E-state index < -0.39 is 29.4 Å². The average Bonchev–Trinajstić information content (AvgIpc) is 2.13. The van der Waals surface area contributed by atoms with Crippen LogP contribution < -0.4 is 0 Å². The lowest BCUT2D eigenvalue weighted by Crippen LogP contribution is -2.18. The fourth-order valence-corrected chi connectivity index (χ4v) is 2.11. The van der Waals surface area contributed by atoms with Gasteiger partial charge in [0.05, 0.1) is 18.3 Å². The van der Waals surface area contributed by atoms with Gasteiger partial charge in [-0.25, -0.2) is 0 Å². The lowest BCUT2D eigenvalue weighted by molar-refractivity contribution is 0.224. The van der Waals surface area contributed by atoms with Gasteiger partial charge in [-0.2, -0.15) is 8.42 Å². The van der Waals surface area contributed by atoms with E-state index in [9.17, 15) is 13.0 Å². The van der Waals surface area contributed by atoms with Crippen molar-refractivity contribution in [2.45, 2.75) is 6.92 Å². The molecule has 6 nitrogen and oxygen atoms in total. The topological polar surface area (TPSA) is 89.9 Å². The van der Waals surface area contributed by atoms with E-state index in [-0.39, 0.29) is 6.61 Å². The molecule has 0 aliphatic rings. The van der Waals surface area contributed by atoms with Crippen molar-refractivity contribution in [2.24, 2.45) is 5.92 Å². The number of hydrogen-bond donors (Lipinski definition) is 1. The molecule has 0 aromatic rings. The minimum Gasteiger partial charge on any atom is -0.312 e. The van der Waals surface area contributed by atoms with E-state index >= 15 is 0 Å². The van der Waals surface area contributed by atoms with E-state index in [0.717, 1.165) is 0 Å². The second-order valence-electron chi connectivity index (χ2n) is 3.09. The summed E-state index contributed by atoms with van der Waals surface area (Å²) < 4.78 is 50.8. The van der Waals surface area contributed by atoms with E-state index in [1.165, 1.54) is 20.7 Å². The summed E-state index contributed by atoms with van der Waals surface area (Å²) in [7, 11) is -6.07. The maximum Gasteiger partial charge on any atom is 0.327 e. The molecule has 0 heterocycles. The highest BCUT2D eigenvalue weighted by Crippen LogP contribution is 2.42. The number of hydrogen-bond acceptors (Lipinski definition) is 5. The van der Waals surface area contributed by atoms with Crippen molar-refractivity contribution in [1.29, 1.82) is 0 Å². The first-order valence-corrected chi connectivity index (χ1v) is 7.95. The van der Waals surface area contributed by atoms with Crippen molar-refractivity contribution < 1.29 is 26.6 Å². The maximum atomic E-state index is 11.4. The summed E-state index contributed by atoms with van der Waals surface area (Å²) >= 11 is 0. The summed E-state index contributed by atoms with van der Waals surface area (Å²) in [5.41, 5.74) is 0. The van der Waals surface area contributed by atoms with Crippen LogP contribution in [0.3, 0.4) is 0 Å². The molecule has 1 N–H and O–H groups in total. The van der Waals surface area contributed by atoms with Crippen LogP contribution in [-0.2, 0) is 23.7 Å². The van der Waals surface area contributed by atoms with Gasteiger partial charge in [0.15, 0.2) is 0 Å². The minimum atomic E-state index is -4.13. The third-order valence-electron chi connectivity index (χ3n) is 1.60. The van der Waals surface area contributed by atoms with Gasteiger partial charge in [-0.3, -0.25) is 9.12 Å². The first kappa shape index (κ1) is 15.6. The summed E-state index contributed by atoms with van der Waals surface area (Å²) in [5.74, 6) is 3.76. The Kier molecular flexibility index (Phi) is 6.23. The van der Waals surface area contributed by atoms with E-state index in [4.69, 9.17) is 9.08 Å². The summed E-state index contributed by atoms with van der Waals surface area (Å²) in [6.07, 6.45) is 0. The molecule has 16 heavy (non-hydrogen) atoms. The Morgan fingerprint density at radius 2 is 2.06 bits per heavy atom. The highest BCUT2D eigenvalue weighted by atomic mass is 32.2. The number of rotatable bonds is 6. The molecule has 0 fully saturated rings. The molecule has 0 radical (unpaired) electrons. The normalized spacial score (nSPS) is 17.0. The zero-order valence-electron chi connectivity index (χ0n) is 9.34. The third-order valence-corrected chi connectivity index (χ3v) is 3.71. The van der Waals surface area contributed by atoms with Crippen molar-refractivity contribution in [1.82, 2.24) is 0 Å². The molecule has 0 bridgehead atoms. The fraction of sp³-hybridized carbons (Fsp3) is 0.750. The molecule has 0 saturated heterocycles. The summed E-state index contributed by atoms with van der Waals surface area (Å²) in [6.45, 7) is 2.61. The molecule has 0 aromatic heterocycles. The van der Waals surface area contributed by atoms with Crippen molar-refractivity contribution >= 4 is 17.7 Å². The first-order valence-electron chi connectivity index (χ1n) is 4.35. The average molecular weight is 270 g/mol. The molecule has 0 amide bonds. The molecule has 0 aromatic carbocycles. The van der Waals surface area contributed by atoms with Gasteiger partial charge in [0, 0.05) is 13.8 Å². The standard InChI is InChI=1S/C8H15O6PS/c1-4-5-8(7-16(10,11)12)6-14-15(3,9)13-2/h8H,6-7H2,1-3H3,(H,10,11,12). The van der Waals surface area contributed by atoms with Crippen LogP contribution in [0.1, 0.15) is 6.92 Å². The van der Waals surface area contributed by atoms with Gasteiger partial charge in [0.2, 0.25) is 0 Å². The van der Waals surface area contributed by atoms with Gasteiger partial charge in [-0.15, -0.1) is 5.92 Å². The molecule has 0 aliphatic heterocycles. The largest absolute Gasteiger partial charge is 0.327 e. The summed E-state index contributed by atoms with van der Waals surface area (Å²) in [5, 5.41) is 0. The first-order chi connectivity index (χ1) is 7.20. The van der Waals surface area contributed by atoms with Gasteiger partial charge in [-0.1, -0.05) is 5.92 Å². The van der Waals surface area contributed by atoms with Crippen LogP contribution in [-0.4, -0.2) is 39.1 Å². The Bertz CT molecular complexity index is 418. The highest BCUT2D eigenvalue weighted by Gasteiger charge is 2.20. The molecule has 0 spiro atoms. The zero-order valence-corrected chi connectivity index (χ0v) is 11.0. The lowest BCUT2D eigenvalue weighted by atomic mass is 10.2. The van der Waals surface area contributed by atoms with Crippen LogP contribution in [0.5, 0.6) is 0 Å². The van der Waals surface area contributed by atoms with Gasteiger partial charge < -0.3 is 9.05 Å². The predicted molar refractivity (Wildman–Crippen MR) is 59.8 cm³/mol. The van der Waals surface area contributed by atoms with Gasteiger partial charge in [0.25, 0.3) is 10.1 Å². The molecule has 2 unspecified atom stereocenters. The Labute approximate surface area is 95.6 Å². The van der Waals surface area contributed by atoms with Crippen molar-refractivity contribution in [3.8, 4) is 11.8 Å². The summed E-state index contributed by atoms with van der Waals surface area (Å²) in [6, 6.07) is 0. The second-order valence-corrected chi connectivity index (χ2v) is 6.75. The molecular formula is C8H15O6PS. The predicted octanol–water partition coefficient (Wildman–Crippen LogP) is 1.000. The molecule has 0 rings (SSSR count). The fourth-order valence-electron chi connectivity index (χ4n) is 0.868. The van der Waals surface area contributed by atoms with Crippen molar-refractivity contribution in [2.75, 3.05) is 26.1 Å². The van der Waals surface area contributed by atoms with E-state index in [0.29, 0.717) is 0 Å². The minimum absolute atomic E-state index is 0.178. The van der Waals surface area contributed by atoms with Crippen LogP contribution in [0, 0.1) is 17.8 Å². The highest BCUT2D eigenvalue weighted by molar-refractivity contribution is 7.85. The van der Waals surface area contributed by atoms with Crippen LogP contribution >= 0.6 is 7.60 Å². The zero-order chi connectivity index (χ0) is 12.8. The van der Waals surface area contributed by atoms with Crippen LogP contribution in [0.25, 0.3) is 0 Å². The van der Waals surface area contributed by atoms with Crippen LogP contribution in [0.4, 0.5) is 0 Å². The Morgan fingerprint density at radius 1 is 1.50 bits per heavy atom. The molecule has 0 aliphatic carbocycles. The monoisotopic (exact) mass is 270 g/mol.